The molecule has 7 N–H and O–H groups in total. The lowest BCUT2D eigenvalue weighted by atomic mass is 9.49. The molecule has 0 unspecified atom stereocenters. The number of nitrogens with one attached hydrogen (secondary N) is 1. The van der Waals surface area contributed by atoms with Crippen molar-refractivity contribution >= 4 is 17.8 Å². The molecule has 472 valence electrons. The van der Waals surface area contributed by atoms with Crippen molar-refractivity contribution < 1.29 is 97.2 Å². The van der Waals surface area contributed by atoms with Crippen LogP contribution in [0.25, 0.3) is 0 Å². The molecule has 0 radical (unpaired) electrons. The van der Waals surface area contributed by atoms with Gasteiger partial charge in [-0.15, -0.1) is 0 Å². The van der Waals surface area contributed by atoms with Crippen LogP contribution < -0.4 is 5.32 Å². The van der Waals surface area contributed by atoms with E-state index in [0.717, 1.165) is 5.57 Å². The average Bonchev–Trinajstić information content (AvgIpc) is 2.80. The third kappa shape index (κ3) is 12.0. The van der Waals surface area contributed by atoms with Gasteiger partial charge < -0.3 is 93.4 Å². The van der Waals surface area contributed by atoms with E-state index in [0.29, 0.717) is 17.6 Å². The normalized spacial score (nSPS) is 49.5. The van der Waals surface area contributed by atoms with Gasteiger partial charge in [-0.2, -0.15) is 0 Å². The van der Waals surface area contributed by atoms with Crippen LogP contribution in [0.1, 0.15) is 121 Å². The zero-order valence-corrected chi connectivity index (χ0v) is 50.7. The van der Waals surface area contributed by atoms with Crippen LogP contribution in [-0.4, -0.2) is 190 Å². The van der Waals surface area contributed by atoms with Gasteiger partial charge in [0.1, 0.15) is 29.6 Å². The summed E-state index contributed by atoms with van der Waals surface area (Å²) in [6.45, 7) is 19.7. The molecule has 9 aliphatic rings. The fourth-order valence-corrected chi connectivity index (χ4v) is 15.8. The summed E-state index contributed by atoms with van der Waals surface area (Å²) in [7, 11) is 2.69. The van der Waals surface area contributed by atoms with Crippen molar-refractivity contribution in [1.82, 2.24) is 10.5 Å². The molecule has 5 heterocycles. The van der Waals surface area contributed by atoms with E-state index in [4.69, 9.17) is 52.1 Å². The number of nitrogens with zero attached hydrogens (tertiary/aromatic N) is 1. The zero-order chi connectivity index (χ0) is 61.2. The molecule has 0 aromatic heterocycles. The van der Waals surface area contributed by atoms with Gasteiger partial charge in [-0.1, -0.05) is 63.6 Å². The molecule has 5 saturated heterocycles. The minimum absolute atomic E-state index is 0.0115. The number of methoxy groups -OCH3 is 2. The molecule has 27 atom stereocenters. The van der Waals surface area contributed by atoms with Crippen LogP contribution in [0, 0.1) is 52.0 Å². The molecule has 0 aromatic rings. The number of hydrogen-bond acceptors (Lipinski definition) is 22. The van der Waals surface area contributed by atoms with Crippen molar-refractivity contribution in [3.63, 3.8) is 0 Å². The number of aliphatic hydroxyl groups excluding tert-OH is 5. The van der Waals surface area contributed by atoms with Crippen molar-refractivity contribution in [2.24, 2.45) is 46.8 Å². The summed E-state index contributed by atoms with van der Waals surface area (Å²) in [6.07, 6.45) is -3.27. The minimum Gasteiger partial charge on any atom is -0.762 e. The molecular formula is C61H91N2O21-. The number of rotatable bonds is 12. The van der Waals surface area contributed by atoms with Crippen molar-refractivity contribution in [3.8, 4) is 0 Å². The van der Waals surface area contributed by atoms with Crippen molar-refractivity contribution in [3.05, 3.63) is 63.6 Å². The number of allylic oxidation sites excluding steroid dienone is 3. The Labute approximate surface area is 492 Å². The quantitative estimate of drug-likeness (QED) is 0.0550. The molecule has 2 bridgehead atoms. The largest absolute Gasteiger partial charge is 0.762 e. The topological polar surface area (TPSA) is 312 Å². The lowest BCUT2D eigenvalue weighted by Gasteiger charge is -2.56. The Morgan fingerprint density at radius 1 is 0.762 bits per heavy atom. The fraction of sp³-hybridized carbons (Fsp3) is 0.787. The number of ether oxygens (including phenoxy) is 11. The highest BCUT2D eigenvalue weighted by Gasteiger charge is 2.64. The number of hydroxylamine groups is 2. The SMILES string of the molecule is COC(=O)N[C@@H]1[C@H](C)O[C@@H](O[C@@H]2C/C=C(/C)[C@H]3C=C[C@H]4[C@H](O[C@@H]5C[C@@H](O[C@@H]6C[C@@H](O)[C@@H](O[C@@H]7C[C@@H](O)[C@@H](OC)[C@H](C)O7)[C@H](C)O6)[C@@H](O)[C@H](C)O5)[C@H](C)C[C@@H](C)[C@@H]4[C@@]3(C)/C(O)=C3/C(=O)O[C@@]4(C[C@H](C)C(CO)=C[C@H]4/C=C\2C)C3=O)C[C@@]1(C)N([O-])O. The number of alkyl carbamates (subject to hydrolysis) is 1. The molecule has 84 heavy (non-hydrogen) atoms. The van der Waals surface area contributed by atoms with Crippen LogP contribution in [0.5, 0.6) is 0 Å². The number of Topliss-reactive ketones (excluding diaryl/α,β-unsaturated/α-hetero) is 1. The Morgan fingerprint density at radius 2 is 1.38 bits per heavy atom. The number of ketones is 1. The summed E-state index contributed by atoms with van der Waals surface area (Å²) in [6, 6.07) is -1.02. The number of amides is 1. The minimum atomic E-state index is -1.81. The number of esters is 1. The Bertz CT molecular complexity index is 2550. The maximum absolute atomic E-state index is 15.6. The third-order valence-electron chi connectivity index (χ3n) is 20.3. The molecule has 1 amide bonds. The van der Waals surface area contributed by atoms with Crippen LogP contribution in [0.3, 0.4) is 0 Å². The Hall–Kier alpha value is -3.73. The van der Waals surface area contributed by atoms with Gasteiger partial charge in [-0.3, -0.25) is 10.0 Å². The fourth-order valence-electron chi connectivity index (χ4n) is 15.8. The van der Waals surface area contributed by atoms with Gasteiger partial charge in [0.05, 0.1) is 80.2 Å². The third-order valence-corrected chi connectivity index (χ3v) is 20.3. The first-order chi connectivity index (χ1) is 39.6. The first kappa shape index (κ1) is 64.7. The summed E-state index contributed by atoms with van der Waals surface area (Å²) in [5, 5.41) is 83.4. The molecule has 5 aliphatic heterocycles. The number of hydrogen-bond donors (Lipinski definition) is 7. The Balaban J connectivity index is 1.01. The van der Waals surface area contributed by atoms with E-state index in [-0.39, 0.29) is 68.0 Å². The van der Waals surface area contributed by atoms with E-state index < -0.39 is 174 Å². The average molecular weight is 1190 g/mol. The maximum Gasteiger partial charge on any atom is 0.407 e. The molecule has 1 saturated carbocycles. The predicted octanol–water partition coefficient (Wildman–Crippen LogP) is 5.49. The van der Waals surface area contributed by atoms with Gasteiger partial charge in [0.15, 0.2) is 30.8 Å². The number of carbonyl (C=O) groups is 3. The molecule has 4 aliphatic carbocycles. The van der Waals surface area contributed by atoms with Crippen molar-refractivity contribution in [1.29, 1.82) is 0 Å². The monoisotopic (exact) mass is 1190 g/mol. The van der Waals surface area contributed by atoms with Crippen LogP contribution >= 0.6 is 0 Å². The van der Waals surface area contributed by atoms with Gasteiger partial charge in [-0.25, -0.2) is 9.59 Å². The van der Waals surface area contributed by atoms with Gasteiger partial charge >= 0.3 is 12.1 Å². The lowest BCUT2D eigenvalue weighted by molar-refractivity contribution is -0.335. The molecular weight excluding hydrogens is 1100 g/mol. The zero-order valence-electron chi connectivity index (χ0n) is 50.7. The number of carbonyl (C=O) groups excluding carboxylic acids is 3. The summed E-state index contributed by atoms with van der Waals surface area (Å²) in [4.78, 5) is 42.7. The first-order valence-electron chi connectivity index (χ1n) is 30.0. The Kier molecular flexibility index (Phi) is 19.6. The Morgan fingerprint density at radius 3 is 2.01 bits per heavy atom. The number of aliphatic hydroxyl groups is 5. The van der Waals surface area contributed by atoms with E-state index in [9.17, 15) is 45.5 Å². The molecule has 6 fully saturated rings. The van der Waals surface area contributed by atoms with Gasteiger partial charge in [0, 0.05) is 62.4 Å². The van der Waals surface area contributed by atoms with Gasteiger partial charge in [0.25, 0.3) is 0 Å². The van der Waals surface area contributed by atoms with Crippen molar-refractivity contribution in [2.45, 2.75) is 237 Å². The van der Waals surface area contributed by atoms with E-state index in [1.165, 1.54) is 21.1 Å². The maximum atomic E-state index is 15.6. The van der Waals surface area contributed by atoms with Crippen LogP contribution in [0.15, 0.2) is 58.4 Å². The van der Waals surface area contributed by atoms with Crippen LogP contribution in [0.2, 0.25) is 0 Å². The van der Waals surface area contributed by atoms with Crippen molar-refractivity contribution in [2.75, 3.05) is 20.8 Å². The first-order valence-corrected chi connectivity index (χ1v) is 30.0. The predicted molar refractivity (Wildman–Crippen MR) is 298 cm³/mol. The number of fused-ring (bicyclic) bond motifs is 4. The van der Waals surface area contributed by atoms with Gasteiger partial charge in [0.2, 0.25) is 5.78 Å². The lowest BCUT2D eigenvalue weighted by Crippen LogP contribution is -2.67. The summed E-state index contributed by atoms with van der Waals surface area (Å²) >= 11 is 0. The van der Waals surface area contributed by atoms with E-state index >= 15 is 4.79 Å². The van der Waals surface area contributed by atoms with E-state index in [1.807, 2.05) is 39.8 Å². The molecule has 9 rings (SSSR count). The molecule has 23 nitrogen and oxygen atoms in total. The second-order valence-corrected chi connectivity index (χ2v) is 26.0. The molecule has 0 aromatic carbocycles. The highest BCUT2D eigenvalue weighted by molar-refractivity contribution is 6.26. The second-order valence-electron chi connectivity index (χ2n) is 26.0. The standard InChI is InChI=1S/C61H91N2O21/c1-27-14-17-42(80-47-25-59(10,63(72)73)54(35(9)79-47)62-58(71)75-13)28(2)19-37-20-36(26-64)31(5)24-61(37)56(69)48(57(70)84-61)55(68)60(11)39(27)16-15-38-49(60)29(3)18-30(4)51(38)82-46-23-43(50(67)32(6)76-46)81-44-22-41(66)53(34(8)78-44)83-45-21-40(65)52(74-12)33(7)77-45/h14-16,19-20,29-35,37-47,49-54,64-68,72H,17-18,21-26H2,1-13H3,(H,62,71)/q-1/b27-14-,28-19-,55-48-/t29-,30-,31+,32+,33+,34+,35+,37-,38-,39-,40-,41-,42-,43-,44-,45-,46-,47+,49+,50+,51-,52+,53+,54-,59-,60+,61-/m1/s1. The summed E-state index contributed by atoms with van der Waals surface area (Å²) < 4.78 is 68.0. The van der Waals surface area contributed by atoms with E-state index in [1.54, 1.807) is 39.8 Å². The summed E-state index contributed by atoms with van der Waals surface area (Å²) in [5.41, 5.74) is -3.21. The van der Waals surface area contributed by atoms with Gasteiger partial charge in [-0.05, 0) is 96.1 Å². The molecule has 1 spiro atoms. The van der Waals surface area contributed by atoms with E-state index in [2.05, 4.69) is 25.2 Å². The highest BCUT2D eigenvalue weighted by Crippen LogP contribution is 2.61. The van der Waals surface area contributed by atoms with Crippen LogP contribution in [-0.2, 0) is 61.7 Å². The highest BCUT2D eigenvalue weighted by atomic mass is 16.8. The second kappa shape index (κ2) is 25.4. The smallest absolute Gasteiger partial charge is 0.407 e. The van der Waals surface area contributed by atoms with Crippen LogP contribution in [0.4, 0.5) is 4.79 Å². The summed E-state index contributed by atoms with van der Waals surface area (Å²) in [5.74, 6) is -5.03. The molecule has 23 heteroatoms.